The van der Waals surface area contributed by atoms with Crippen LogP contribution in [0.5, 0.6) is 0 Å². The molecule has 1 heterocycles. The highest BCUT2D eigenvalue weighted by atomic mass is 35.5. The molecule has 3 atom stereocenters. The average molecular weight is 229 g/mol. The first-order valence-corrected chi connectivity index (χ1v) is 5.22. The molecule has 3 unspecified atom stereocenters. The summed E-state index contributed by atoms with van der Waals surface area (Å²) in [7, 11) is 0. The summed E-state index contributed by atoms with van der Waals surface area (Å²) in [6, 6.07) is 0. The van der Waals surface area contributed by atoms with Crippen LogP contribution < -0.4 is 23.0 Å². The van der Waals surface area contributed by atoms with Gasteiger partial charge in [0, 0.05) is 12.3 Å². The van der Waals surface area contributed by atoms with E-state index in [1.54, 1.807) is 0 Å². The molecular weight excluding hydrogens is 212 g/mol. The summed E-state index contributed by atoms with van der Waals surface area (Å²) in [5.74, 6) is 1.12. The second-order valence-corrected chi connectivity index (χ2v) is 4.23. The van der Waals surface area contributed by atoms with E-state index < -0.39 is 0 Å². The lowest BCUT2D eigenvalue weighted by Crippen LogP contribution is -3.15. The fourth-order valence-corrected chi connectivity index (χ4v) is 2.44. The lowest BCUT2D eigenvalue weighted by Gasteiger charge is -2.33. The van der Waals surface area contributed by atoms with E-state index in [2.05, 4.69) is 24.3 Å². The number of allylic oxidation sites excluding steroid dienone is 3. The Balaban J connectivity index is 0.00000112. The van der Waals surface area contributed by atoms with Crippen LogP contribution in [0.1, 0.15) is 6.42 Å². The molecule has 3 nitrogen and oxygen atoms in total. The number of carbonyl (C=O) groups excluding carboxylic acids is 1. The van der Waals surface area contributed by atoms with Gasteiger partial charge in [-0.15, -0.1) is 0 Å². The van der Waals surface area contributed by atoms with Crippen molar-refractivity contribution in [2.45, 2.75) is 6.42 Å². The second kappa shape index (κ2) is 5.33. The summed E-state index contributed by atoms with van der Waals surface area (Å²) < 4.78 is 0. The van der Waals surface area contributed by atoms with E-state index in [1.165, 1.54) is 11.3 Å². The Labute approximate surface area is 96.4 Å². The molecule has 0 spiro atoms. The van der Waals surface area contributed by atoms with Gasteiger partial charge >= 0.3 is 0 Å². The molecule has 1 aliphatic carbocycles. The van der Waals surface area contributed by atoms with Gasteiger partial charge in [-0.05, 0) is 5.92 Å². The summed E-state index contributed by atoms with van der Waals surface area (Å²) in [4.78, 5) is 12.1. The van der Waals surface area contributed by atoms with E-state index in [0.29, 0.717) is 18.4 Å². The van der Waals surface area contributed by atoms with Crippen LogP contribution in [0.3, 0.4) is 0 Å². The molecule has 4 heteroatoms. The molecule has 2 aliphatic rings. The van der Waals surface area contributed by atoms with Crippen LogP contribution in [-0.2, 0) is 4.79 Å². The normalized spacial score (nSPS) is 32.9. The summed E-state index contributed by atoms with van der Waals surface area (Å²) in [6.07, 6.45) is 9.94. The minimum atomic E-state index is -0.186. The molecule has 0 aromatic heterocycles. The predicted molar refractivity (Wildman–Crippen MR) is 54.6 cm³/mol. The first-order chi connectivity index (χ1) is 6.75. The summed E-state index contributed by atoms with van der Waals surface area (Å²) in [5, 5.41) is 0. The van der Waals surface area contributed by atoms with E-state index in [1.807, 2.05) is 0 Å². The third-order valence-electron chi connectivity index (χ3n) is 3.16. The van der Waals surface area contributed by atoms with Crippen LogP contribution in [0.2, 0.25) is 0 Å². The van der Waals surface area contributed by atoms with E-state index in [-0.39, 0.29) is 18.3 Å². The molecule has 3 N–H and O–H groups in total. The Bertz CT molecular complexity index is 288. The van der Waals surface area contributed by atoms with Gasteiger partial charge in [0.25, 0.3) is 5.91 Å². The molecule has 15 heavy (non-hydrogen) atoms. The molecule has 1 amide bonds. The molecule has 0 bridgehead atoms. The van der Waals surface area contributed by atoms with Gasteiger partial charge in [0.2, 0.25) is 0 Å². The summed E-state index contributed by atoms with van der Waals surface area (Å²) in [6.45, 7) is 2.61. The molecule has 1 saturated heterocycles. The van der Waals surface area contributed by atoms with E-state index in [9.17, 15) is 4.79 Å². The second-order valence-electron chi connectivity index (χ2n) is 4.23. The largest absolute Gasteiger partial charge is 1.00 e. The van der Waals surface area contributed by atoms with Crippen molar-refractivity contribution < 1.29 is 22.1 Å². The quantitative estimate of drug-likeness (QED) is 0.499. The molecular formula is C11H17ClN2O. The lowest BCUT2D eigenvalue weighted by atomic mass is 9.83. The maximum absolute atomic E-state index is 10.8. The smallest absolute Gasteiger partial charge is 0.272 e. The Kier molecular flexibility index (Phi) is 4.36. The number of likely N-dealkylation sites (tertiary alicyclic amines) is 1. The predicted octanol–water partition coefficient (Wildman–Crippen LogP) is -3.88. The Morgan fingerprint density at radius 2 is 2.00 bits per heavy atom. The highest BCUT2D eigenvalue weighted by molar-refractivity contribution is 5.74. The van der Waals surface area contributed by atoms with Crippen LogP contribution in [0.15, 0.2) is 24.3 Å². The molecule has 0 saturated carbocycles. The first kappa shape index (κ1) is 12.3. The number of fused-ring (bicyclic) bond motifs is 1. The lowest BCUT2D eigenvalue weighted by molar-refractivity contribution is -0.901. The number of halogens is 1. The maximum Gasteiger partial charge on any atom is 0.272 e. The number of piperidine rings is 1. The fraction of sp³-hybridized carbons (Fsp3) is 0.545. The highest BCUT2D eigenvalue weighted by Crippen LogP contribution is 2.22. The van der Waals surface area contributed by atoms with Crippen molar-refractivity contribution in [2.24, 2.45) is 17.6 Å². The number of amides is 1. The van der Waals surface area contributed by atoms with E-state index >= 15 is 0 Å². The number of hydrogen-bond acceptors (Lipinski definition) is 1. The number of nitrogens with two attached hydrogens (primary N) is 1. The third kappa shape index (κ3) is 3.08. The minimum Gasteiger partial charge on any atom is -1.00 e. The molecule has 84 valence electrons. The number of nitrogens with one attached hydrogen (secondary N) is 1. The number of quaternary nitrogens is 1. The zero-order valence-electron chi connectivity index (χ0n) is 8.66. The third-order valence-corrected chi connectivity index (χ3v) is 3.16. The molecule has 0 aromatic carbocycles. The van der Waals surface area contributed by atoms with Crippen molar-refractivity contribution >= 4 is 5.91 Å². The van der Waals surface area contributed by atoms with Crippen LogP contribution in [-0.4, -0.2) is 25.5 Å². The van der Waals surface area contributed by atoms with Crippen LogP contribution in [0, 0.1) is 11.8 Å². The Morgan fingerprint density at radius 3 is 2.67 bits per heavy atom. The SMILES string of the molecule is NC(=O)C[NH+]1CCC2C=CC=CC2C1.[Cl-]. The molecule has 1 aliphatic heterocycles. The topological polar surface area (TPSA) is 47.5 Å². The van der Waals surface area contributed by atoms with Crippen LogP contribution in [0.4, 0.5) is 0 Å². The van der Waals surface area contributed by atoms with Gasteiger partial charge in [0.15, 0.2) is 6.54 Å². The number of hydrogen-bond donors (Lipinski definition) is 2. The van der Waals surface area contributed by atoms with Crippen molar-refractivity contribution in [2.75, 3.05) is 19.6 Å². The van der Waals surface area contributed by atoms with E-state index in [4.69, 9.17) is 5.73 Å². The number of carbonyl (C=O) groups is 1. The molecule has 1 fully saturated rings. The maximum atomic E-state index is 10.8. The summed E-state index contributed by atoms with van der Waals surface area (Å²) >= 11 is 0. The Morgan fingerprint density at radius 1 is 1.33 bits per heavy atom. The first-order valence-electron chi connectivity index (χ1n) is 5.22. The van der Waals surface area contributed by atoms with Gasteiger partial charge in [-0.3, -0.25) is 4.79 Å². The molecule has 2 rings (SSSR count). The number of primary amides is 1. The fourth-order valence-electron chi connectivity index (χ4n) is 2.44. The van der Waals surface area contributed by atoms with Crippen LogP contribution in [0.25, 0.3) is 0 Å². The van der Waals surface area contributed by atoms with Crippen molar-refractivity contribution in [1.82, 2.24) is 0 Å². The van der Waals surface area contributed by atoms with Gasteiger partial charge < -0.3 is 23.0 Å². The van der Waals surface area contributed by atoms with Gasteiger partial charge in [-0.1, -0.05) is 24.3 Å². The van der Waals surface area contributed by atoms with E-state index in [0.717, 1.165) is 13.1 Å². The standard InChI is InChI=1S/C11H16N2O.ClH/c12-11(14)8-13-6-5-9-3-1-2-4-10(9)7-13;/h1-4,9-10H,5-8H2,(H2,12,14);1H. The van der Waals surface area contributed by atoms with Crippen molar-refractivity contribution in [3.05, 3.63) is 24.3 Å². The van der Waals surface area contributed by atoms with Gasteiger partial charge in [0.05, 0.1) is 13.1 Å². The van der Waals surface area contributed by atoms with Gasteiger partial charge in [-0.2, -0.15) is 0 Å². The van der Waals surface area contributed by atoms with Crippen molar-refractivity contribution in [3.63, 3.8) is 0 Å². The minimum absolute atomic E-state index is 0. The summed E-state index contributed by atoms with van der Waals surface area (Å²) in [5.41, 5.74) is 5.20. The molecule has 0 radical (unpaired) electrons. The van der Waals surface area contributed by atoms with Crippen molar-refractivity contribution in [3.8, 4) is 0 Å². The van der Waals surface area contributed by atoms with Crippen LogP contribution >= 0.6 is 0 Å². The van der Waals surface area contributed by atoms with Gasteiger partial charge in [0.1, 0.15) is 0 Å². The number of rotatable bonds is 2. The zero-order valence-corrected chi connectivity index (χ0v) is 9.41. The highest BCUT2D eigenvalue weighted by Gasteiger charge is 2.30. The average Bonchev–Trinajstić information content (AvgIpc) is 2.17. The van der Waals surface area contributed by atoms with Crippen molar-refractivity contribution in [1.29, 1.82) is 0 Å². The molecule has 0 aromatic rings. The van der Waals surface area contributed by atoms with Gasteiger partial charge in [-0.25, -0.2) is 0 Å². The Hall–Kier alpha value is -0.800. The monoisotopic (exact) mass is 228 g/mol. The zero-order chi connectivity index (χ0) is 9.97.